The Labute approximate surface area is 105 Å². The third kappa shape index (κ3) is 2.68. The summed E-state index contributed by atoms with van der Waals surface area (Å²) in [5, 5.41) is 11.0. The number of amides is 2. The van der Waals surface area contributed by atoms with Crippen molar-refractivity contribution in [3.05, 3.63) is 35.4 Å². The van der Waals surface area contributed by atoms with E-state index >= 15 is 0 Å². The lowest BCUT2D eigenvalue weighted by molar-refractivity contribution is -0.146. The Balaban J connectivity index is 2.00. The second kappa shape index (κ2) is 5.64. The average Bonchev–Trinajstić information content (AvgIpc) is 2.43. The van der Waals surface area contributed by atoms with Crippen LogP contribution in [0.3, 0.4) is 0 Å². The molecular weight excluding hydrogens is 232 g/mol. The van der Waals surface area contributed by atoms with E-state index in [1.165, 1.54) is 10.5 Å². The molecule has 1 heterocycles. The van der Waals surface area contributed by atoms with Gasteiger partial charge in [0.05, 0.1) is 6.61 Å². The predicted molar refractivity (Wildman–Crippen MR) is 65.7 cm³/mol. The van der Waals surface area contributed by atoms with Crippen LogP contribution in [-0.2, 0) is 22.6 Å². The molecule has 96 valence electrons. The Morgan fingerprint density at radius 1 is 1.28 bits per heavy atom. The number of nitrogens with one attached hydrogen (secondary N) is 1. The Morgan fingerprint density at radius 3 is 2.72 bits per heavy atom. The molecular formula is C13H16N2O3. The van der Waals surface area contributed by atoms with Gasteiger partial charge in [0.1, 0.15) is 0 Å². The van der Waals surface area contributed by atoms with Gasteiger partial charge >= 0.3 is 11.8 Å². The van der Waals surface area contributed by atoms with E-state index in [1.807, 2.05) is 24.3 Å². The van der Waals surface area contributed by atoms with Crippen LogP contribution in [0.15, 0.2) is 24.3 Å². The number of carbonyl (C=O) groups excluding carboxylic acids is 2. The molecule has 2 amide bonds. The molecule has 0 saturated carbocycles. The summed E-state index contributed by atoms with van der Waals surface area (Å²) in [6.45, 7) is 0.973. The predicted octanol–water partition coefficient (Wildman–Crippen LogP) is -0.320. The topological polar surface area (TPSA) is 69.6 Å². The molecule has 0 atom stereocenters. The zero-order valence-corrected chi connectivity index (χ0v) is 10.1. The molecule has 1 aromatic rings. The summed E-state index contributed by atoms with van der Waals surface area (Å²) in [6, 6.07) is 7.92. The number of carbonyl (C=O) groups is 2. The molecule has 1 aliphatic rings. The molecule has 0 radical (unpaired) electrons. The van der Waals surface area contributed by atoms with E-state index in [2.05, 4.69) is 5.32 Å². The van der Waals surface area contributed by atoms with Gasteiger partial charge in [-0.05, 0) is 17.5 Å². The normalized spacial score (nSPS) is 13.9. The van der Waals surface area contributed by atoms with Crippen LogP contribution in [0.1, 0.15) is 11.1 Å². The SMILES string of the molecule is O=C(NCCO)C(=O)N1CCc2ccccc2C1. The molecule has 0 saturated heterocycles. The second-order valence-corrected chi connectivity index (χ2v) is 4.22. The first kappa shape index (κ1) is 12.6. The number of hydrogen-bond donors (Lipinski definition) is 2. The molecule has 0 aromatic heterocycles. The summed E-state index contributed by atoms with van der Waals surface area (Å²) in [7, 11) is 0. The van der Waals surface area contributed by atoms with Gasteiger partial charge in [0, 0.05) is 19.6 Å². The molecule has 0 fully saturated rings. The zero-order chi connectivity index (χ0) is 13.0. The summed E-state index contributed by atoms with van der Waals surface area (Å²) in [5.41, 5.74) is 2.32. The lowest BCUT2D eigenvalue weighted by Crippen LogP contribution is -2.45. The van der Waals surface area contributed by atoms with Gasteiger partial charge in [0.2, 0.25) is 0 Å². The zero-order valence-electron chi connectivity index (χ0n) is 10.1. The molecule has 0 spiro atoms. The molecule has 1 aromatic carbocycles. The molecule has 5 heteroatoms. The first-order valence-electron chi connectivity index (χ1n) is 5.97. The quantitative estimate of drug-likeness (QED) is 0.705. The van der Waals surface area contributed by atoms with E-state index in [9.17, 15) is 9.59 Å². The van der Waals surface area contributed by atoms with Crippen LogP contribution in [-0.4, -0.2) is 41.5 Å². The van der Waals surface area contributed by atoms with Gasteiger partial charge in [-0.25, -0.2) is 0 Å². The van der Waals surface area contributed by atoms with Crippen LogP contribution >= 0.6 is 0 Å². The van der Waals surface area contributed by atoms with Crippen LogP contribution in [0, 0.1) is 0 Å². The molecule has 0 bridgehead atoms. The van der Waals surface area contributed by atoms with Crippen LogP contribution < -0.4 is 5.32 Å². The highest BCUT2D eigenvalue weighted by Gasteiger charge is 2.25. The van der Waals surface area contributed by atoms with Gasteiger partial charge in [0.15, 0.2) is 0 Å². The van der Waals surface area contributed by atoms with Gasteiger partial charge < -0.3 is 15.3 Å². The second-order valence-electron chi connectivity index (χ2n) is 4.22. The van der Waals surface area contributed by atoms with Crippen molar-refractivity contribution in [2.24, 2.45) is 0 Å². The number of rotatable bonds is 2. The molecule has 5 nitrogen and oxygen atoms in total. The summed E-state index contributed by atoms with van der Waals surface area (Å²) >= 11 is 0. The largest absolute Gasteiger partial charge is 0.395 e. The molecule has 2 N–H and O–H groups in total. The highest BCUT2D eigenvalue weighted by atomic mass is 16.3. The van der Waals surface area contributed by atoms with Gasteiger partial charge in [-0.2, -0.15) is 0 Å². The van der Waals surface area contributed by atoms with Crippen molar-refractivity contribution in [3.8, 4) is 0 Å². The van der Waals surface area contributed by atoms with Crippen LogP contribution in [0.2, 0.25) is 0 Å². The number of benzene rings is 1. The highest BCUT2D eigenvalue weighted by Crippen LogP contribution is 2.18. The lowest BCUT2D eigenvalue weighted by atomic mass is 10.00. The number of hydrogen-bond acceptors (Lipinski definition) is 3. The molecule has 2 rings (SSSR count). The molecule has 0 aliphatic carbocycles. The maximum Gasteiger partial charge on any atom is 0.312 e. The van der Waals surface area contributed by atoms with Crippen LogP contribution in [0.5, 0.6) is 0 Å². The Morgan fingerprint density at radius 2 is 2.00 bits per heavy atom. The monoisotopic (exact) mass is 248 g/mol. The van der Waals surface area contributed by atoms with Gasteiger partial charge in [-0.15, -0.1) is 0 Å². The minimum Gasteiger partial charge on any atom is -0.395 e. The van der Waals surface area contributed by atoms with E-state index in [-0.39, 0.29) is 13.2 Å². The van der Waals surface area contributed by atoms with Crippen molar-refractivity contribution in [3.63, 3.8) is 0 Å². The standard InChI is InChI=1S/C13H16N2O3/c16-8-6-14-12(17)13(18)15-7-5-10-3-1-2-4-11(10)9-15/h1-4,16H,5-9H2,(H,14,17). The Hall–Kier alpha value is -1.88. The third-order valence-corrected chi connectivity index (χ3v) is 3.01. The van der Waals surface area contributed by atoms with Crippen molar-refractivity contribution < 1.29 is 14.7 Å². The number of aliphatic hydroxyl groups excluding tert-OH is 1. The fourth-order valence-electron chi connectivity index (χ4n) is 2.06. The van der Waals surface area contributed by atoms with Gasteiger partial charge in [0.25, 0.3) is 0 Å². The fraction of sp³-hybridized carbons (Fsp3) is 0.385. The van der Waals surface area contributed by atoms with E-state index in [0.717, 1.165) is 12.0 Å². The maximum absolute atomic E-state index is 11.8. The molecule has 0 unspecified atom stereocenters. The summed E-state index contributed by atoms with van der Waals surface area (Å²) < 4.78 is 0. The number of fused-ring (bicyclic) bond motifs is 1. The summed E-state index contributed by atoms with van der Waals surface area (Å²) in [5.74, 6) is -1.18. The van der Waals surface area contributed by atoms with E-state index < -0.39 is 11.8 Å². The minimum atomic E-state index is -0.650. The fourth-order valence-corrected chi connectivity index (χ4v) is 2.06. The Kier molecular flexibility index (Phi) is 3.94. The van der Waals surface area contributed by atoms with Gasteiger partial charge in [-0.1, -0.05) is 24.3 Å². The summed E-state index contributed by atoms with van der Waals surface area (Å²) in [6.07, 6.45) is 0.773. The first-order valence-corrected chi connectivity index (χ1v) is 5.97. The number of aliphatic hydroxyl groups is 1. The van der Waals surface area contributed by atoms with Crippen molar-refractivity contribution in [2.45, 2.75) is 13.0 Å². The van der Waals surface area contributed by atoms with Crippen molar-refractivity contribution in [1.82, 2.24) is 10.2 Å². The maximum atomic E-state index is 11.8. The average molecular weight is 248 g/mol. The summed E-state index contributed by atoms with van der Waals surface area (Å²) in [4.78, 5) is 24.9. The lowest BCUT2D eigenvalue weighted by Gasteiger charge is -2.28. The van der Waals surface area contributed by atoms with Crippen molar-refractivity contribution in [1.29, 1.82) is 0 Å². The van der Waals surface area contributed by atoms with E-state index in [0.29, 0.717) is 13.1 Å². The number of nitrogens with zero attached hydrogens (tertiary/aromatic N) is 1. The molecule has 18 heavy (non-hydrogen) atoms. The van der Waals surface area contributed by atoms with Crippen molar-refractivity contribution in [2.75, 3.05) is 19.7 Å². The van der Waals surface area contributed by atoms with Crippen LogP contribution in [0.4, 0.5) is 0 Å². The smallest absolute Gasteiger partial charge is 0.312 e. The van der Waals surface area contributed by atoms with E-state index in [4.69, 9.17) is 5.11 Å². The van der Waals surface area contributed by atoms with Crippen molar-refractivity contribution >= 4 is 11.8 Å². The van der Waals surface area contributed by atoms with E-state index in [1.54, 1.807) is 0 Å². The Bertz CT molecular complexity index is 459. The van der Waals surface area contributed by atoms with Crippen LogP contribution in [0.25, 0.3) is 0 Å². The minimum absolute atomic E-state index is 0.106. The highest BCUT2D eigenvalue weighted by molar-refractivity contribution is 6.35. The first-order chi connectivity index (χ1) is 8.72. The van der Waals surface area contributed by atoms with Gasteiger partial charge in [-0.3, -0.25) is 9.59 Å². The third-order valence-electron chi connectivity index (χ3n) is 3.01. The molecule has 1 aliphatic heterocycles.